The highest BCUT2D eigenvalue weighted by Crippen LogP contribution is 2.21. The topological polar surface area (TPSA) is 46.1 Å². The number of rotatable bonds is 6. The van der Waals surface area contributed by atoms with Crippen molar-refractivity contribution in [2.75, 3.05) is 13.6 Å². The fourth-order valence-electron chi connectivity index (χ4n) is 2.23. The average molecular weight is 259 g/mol. The zero-order valence-electron chi connectivity index (χ0n) is 11.6. The van der Waals surface area contributed by atoms with E-state index >= 15 is 0 Å². The lowest BCUT2D eigenvalue weighted by atomic mass is 10.2. The Labute approximate surface area is 113 Å². The van der Waals surface area contributed by atoms with Crippen LogP contribution in [0.3, 0.4) is 0 Å². The van der Waals surface area contributed by atoms with Gasteiger partial charge in [0.05, 0.1) is 0 Å². The zero-order chi connectivity index (χ0) is 13.7. The molecule has 1 aromatic carbocycles. The highest BCUT2D eigenvalue weighted by molar-refractivity contribution is 5.86. The van der Waals surface area contributed by atoms with E-state index in [2.05, 4.69) is 35.9 Å². The lowest BCUT2D eigenvalue weighted by Crippen LogP contribution is -2.23. The second-order valence-corrected chi connectivity index (χ2v) is 4.65. The largest absolute Gasteiger partial charge is 0.358 e. The molecule has 0 unspecified atom stereocenters. The van der Waals surface area contributed by atoms with E-state index in [0.717, 1.165) is 25.0 Å². The van der Waals surface area contributed by atoms with Crippen molar-refractivity contribution in [3.8, 4) is 0 Å². The molecule has 0 atom stereocenters. The molecule has 1 amide bonds. The average Bonchev–Trinajstić information content (AvgIpc) is 2.78. The van der Waals surface area contributed by atoms with Crippen molar-refractivity contribution >= 4 is 16.8 Å². The molecular formula is C15H21N3O. The van der Waals surface area contributed by atoms with Crippen LogP contribution in [-0.2, 0) is 17.9 Å². The lowest BCUT2D eigenvalue weighted by molar-refractivity contribution is -0.121. The van der Waals surface area contributed by atoms with Gasteiger partial charge in [-0.15, -0.1) is 0 Å². The van der Waals surface area contributed by atoms with Gasteiger partial charge in [0.2, 0.25) is 5.91 Å². The van der Waals surface area contributed by atoms with Crippen LogP contribution < -0.4 is 10.6 Å². The molecule has 4 nitrogen and oxygen atoms in total. The minimum atomic E-state index is 0.0221. The van der Waals surface area contributed by atoms with Crippen molar-refractivity contribution in [2.45, 2.75) is 26.4 Å². The molecule has 0 aliphatic heterocycles. The molecule has 1 heterocycles. The van der Waals surface area contributed by atoms with Gasteiger partial charge in [0.1, 0.15) is 6.54 Å². The van der Waals surface area contributed by atoms with Gasteiger partial charge < -0.3 is 15.2 Å². The maximum atomic E-state index is 11.5. The number of benzene rings is 1. The number of para-hydroxylation sites is 1. The summed E-state index contributed by atoms with van der Waals surface area (Å²) in [6.07, 6.45) is 3.19. The number of likely N-dealkylation sites (N-methyl/N-ethyl adjacent to an activating group) is 1. The normalized spacial score (nSPS) is 10.8. The summed E-state index contributed by atoms with van der Waals surface area (Å²) < 4.78 is 2.01. The number of fused-ring (bicyclic) bond motifs is 1. The Morgan fingerprint density at radius 1 is 1.32 bits per heavy atom. The van der Waals surface area contributed by atoms with Gasteiger partial charge in [0.15, 0.2) is 0 Å². The van der Waals surface area contributed by atoms with Crippen molar-refractivity contribution in [2.24, 2.45) is 0 Å². The van der Waals surface area contributed by atoms with Gasteiger partial charge in [-0.2, -0.15) is 0 Å². The monoisotopic (exact) mass is 259 g/mol. The van der Waals surface area contributed by atoms with Crippen LogP contribution in [0.2, 0.25) is 0 Å². The maximum Gasteiger partial charge on any atom is 0.239 e. The van der Waals surface area contributed by atoms with Crippen molar-refractivity contribution in [3.05, 3.63) is 36.0 Å². The number of amides is 1. The first-order valence-corrected chi connectivity index (χ1v) is 6.74. The van der Waals surface area contributed by atoms with E-state index in [1.807, 2.05) is 16.7 Å². The quantitative estimate of drug-likeness (QED) is 0.778. The summed E-state index contributed by atoms with van der Waals surface area (Å²) in [6, 6.07) is 8.21. The smallest absolute Gasteiger partial charge is 0.239 e. The number of carbonyl (C=O) groups excluding carboxylic acids is 1. The van der Waals surface area contributed by atoms with Crippen molar-refractivity contribution in [1.82, 2.24) is 15.2 Å². The van der Waals surface area contributed by atoms with Gasteiger partial charge in [-0.3, -0.25) is 4.79 Å². The summed E-state index contributed by atoms with van der Waals surface area (Å²) in [6.45, 7) is 4.37. The molecule has 0 saturated heterocycles. The van der Waals surface area contributed by atoms with E-state index in [1.165, 1.54) is 10.9 Å². The predicted molar refractivity (Wildman–Crippen MR) is 78.0 cm³/mol. The molecule has 0 saturated carbocycles. The number of aromatic nitrogens is 1. The van der Waals surface area contributed by atoms with Crippen LogP contribution in [0.1, 0.15) is 18.9 Å². The molecule has 0 radical (unpaired) electrons. The minimum absolute atomic E-state index is 0.0221. The molecule has 1 aromatic heterocycles. The van der Waals surface area contributed by atoms with Crippen LogP contribution >= 0.6 is 0 Å². The van der Waals surface area contributed by atoms with Crippen molar-refractivity contribution in [3.63, 3.8) is 0 Å². The summed E-state index contributed by atoms with van der Waals surface area (Å²) in [5, 5.41) is 7.29. The molecule has 19 heavy (non-hydrogen) atoms. The summed E-state index contributed by atoms with van der Waals surface area (Å²) in [5.41, 5.74) is 2.35. The number of nitrogens with one attached hydrogen (secondary N) is 2. The molecule has 0 fully saturated rings. The highest BCUT2D eigenvalue weighted by atomic mass is 16.1. The standard InChI is InChI=1S/C15H21N3O/c1-3-8-17-9-12-10-18(11-15(19)16-2)14-7-5-4-6-13(12)14/h4-7,10,17H,3,8-9,11H2,1-2H3,(H,16,19). The van der Waals surface area contributed by atoms with E-state index in [0.29, 0.717) is 6.54 Å². The van der Waals surface area contributed by atoms with E-state index in [4.69, 9.17) is 0 Å². The van der Waals surface area contributed by atoms with E-state index in [1.54, 1.807) is 7.05 Å². The number of hydrogen-bond acceptors (Lipinski definition) is 2. The zero-order valence-corrected chi connectivity index (χ0v) is 11.6. The predicted octanol–water partition coefficient (Wildman–Crippen LogP) is 1.89. The second kappa shape index (κ2) is 6.38. The molecule has 102 valence electrons. The molecule has 2 N–H and O–H groups in total. The highest BCUT2D eigenvalue weighted by Gasteiger charge is 2.09. The van der Waals surface area contributed by atoms with Gasteiger partial charge in [0, 0.05) is 30.7 Å². The Morgan fingerprint density at radius 3 is 2.84 bits per heavy atom. The van der Waals surface area contributed by atoms with E-state index < -0.39 is 0 Å². The first-order chi connectivity index (χ1) is 9.26. The van der Waals surface area contributed by atoms with Gasteiger partial charge in [0.25, 0.3) is 0 Å². The minimum Gasteiger partial charge on any atom is -0.358 e. The fraction of sp³-hybridized carbons (Fsp3) is 0.400. The third kappa shape index (κ3) is 3.15. The third-order valence-corrected chi connectivity index (χ3v) is 3.21. The summed E-state index contributed by atoms with van der Waals surface area (Å²) in [4.78, 5) is 11.5. The molecule has 4 heteroatoms. The van der Waals surface area contributed by atoms with Crippen LogP contribution in [-0.4, -0.2) is 24.1 Å². The lowest BCUT2D eigenvalue weighted by Gasteiger charge is -2.03. The fourth-order valence-corrected chi connectivity index (χ4v) is 2.23. The molecular weight excluding hydrogens is 238 g/mol. The maximum absolute atomic E-state index is 11.5. The molecule has 0 aliphatic carbocycles. The number of nitrogens with zero attached hydrogens (tertiary/aromatic N) is 1. The Morgan fingerprint density at radius 2 is 2.11 bits per heavy atom. The van der Waals surface area contributed by atoms with Gasteiger partial charge in [-0.1, -0.05) is 25.1 Å². The first kappa shape index (κ1) is 13.6. The van der Waals surface area contributed by atoms with Gasteiger partial charge in [-0.05, 0) is 24.6 Å². The Balaban J connectivity index is 2.28. The van der Waals surface area contributed by atoms with Crippen LogP contribution in [0, 0.1) is 0 Å². The SMILES string of the molecule is CCCNCc1cn(CC(=O)NC)c2ccccc12. The second-order valence-electron chi connectivity index (χ2n) is 4.65. The summed E-state index contributed by atoms with van der Waals surface area (Å²) in [7, 11) is 1.66. The molecule has 0 spiro atoms. The Kier molecular flexibility index (Phi) is 4.58. The van der Waals surface area contributed by atoms with Crippen LogP contribution in [0.5, 0.6) is 0 Å². The van der Waals surface area contributed by atoms with Crippen LogP contribution in [0.25, 0.3) is 10.9 Å². The molecule has 0 bridgehead atoms. The third-order valence-electron chi connectivity index (χ3n) is 3.21. The molecule has 0 aliphatic rings. The van der Waals surface area contributed by atoms with Crippen molar-refractivity contribution in [1.29, 1.82) is 0 Å². The first-order valence-electron chi connectivity index (χ1n) is 6.74. The molecule has 2 aromatic rings. The van der Waals surface area contributed by atoms with Gasteiger partial charge >= 0.3 is 0 Å². The van der Waals surface area contributed by atoms with Gasteiger partial charge in [-0.25, -0.2) is 0 Å². The number of hydrogen-bond donors (Lipinski definition) is 2. The van der Waals surface area contributed by atoms with Crippen LogP contribution in [0.15, 0.2) is 30.5 Å². The Hall–Kier alpha value is -1.81. The molecule has 2 rings (SSSR count). The Bertz CT molecular complexity index is 560. The summed E-state index contributed by atoms with van der Waals surface area (Å²) >= 11 is 0. The number of carbonyl (C=O) groups is 1. The van der Waals surface area contributed by atoms with E-state index in [9.17, 15) is 4.79 Å². The van der Waals surface area contributed by atoms with Crippen LogP contribution in [0.4, 0.5) is 0 Å². The summed E-state index contributed by atoms with van der Waals surface area (Å²) in [5.74, 6) is 0.0221. The van der Waals surface area contributed by atoms with E-state index in [-0.39, 0.29) is 5.91 Å². The van der Waals surface area contributed by atoms with Crippen molar-refractivity contribution < 1.29 is 4.79 Å².